The number of sulfonamides is 1. The molecule has 1 unspecified atom stereocenters. The molecular weight excluding hydrogens is 653 g/mol. The molecule has 5 rings (SSSR count). The Labute approximate surface area is 287 Å². The fourth-order valence-electron chi connectivity index (χ4n) is 5.97. The summed E-state index contributed by atoms with van der Waals surface area (Å²) in [5.41, 5.74) is 3.28. The predicted octanol–water partition coefficient (Wildman–Crippen LogP) is 7.50. The minimum atomic E-state index is -4.24. The van der Waals surface area contributed by atoms with Crippen molar-refractivity contribution in [2.24, 2.45) is 0 Å². The highest BCUT2D eigenvalue weighted by molar-refractivity contribution is 7.92. The van der Waals surface area contributed by atoms with E-state index < -0.39 is 28.5 Å². The maximum atomic E-state index is 14.7. The Balaban J connectivity index is 1.59. The van der Waals surface area contributed by atoms with Gasteiger partial charge in [0.25, 0.3) is 10.0 Å². The molecule has 1 saturated carbocycles. The molecule has 0 radical (unpaired) electrons. The SMILES string of the molecule is Cc1ccc(S(=O)(=O)N(CC(=O)N(Cc2cccc(Cl)c2)C(Cc2ccccc2)C(=O)NC2CCCC2)c2cccc(Cl)c2C)cc1. The molecule has 0 aromatic heterocycles. The van der Waals surface area contributed by atoms with Gasteiger partial charge in [-0.2, -0.15) is 0 Å². The Morgan fingerprint density at radius 1 is 0.851 bits per heavy atom. The predicted molar refractivity (Wildman–Crippen MR) is 188 cm³/mol. The van der Waals surface area contributed by atoms with Crippen molar-refractivity contribution in [2.45, 2.75) is 69.5 Å². The smallest absolute Gasteiger partial charge is 0.264 e. The highest BCUT2D eigenvalue weighted by atomic mass is 35.5. The molecule has 7 nitrogen and oxygen atoms in total. The quantitative estimate of drug-likeness (QED) is 0.167. The van der Waals surface area contributed by atoms with E-state index in [-0.39, 0.29) is 35.5 Å². The molecule has 1 aliphatic carbocycles. The van der Waals surface area contributed by atoms with E-state index in [1.807, 2.05) is 43.3 Å². The van der Waals surface area contributed by atoms with Crippen molar-refractivity contribution in [1.82, 2.24) is 10.2 Å². The van der Waals surface area contributed by atoms with Crippen molar-refractivity contribution in [3.05, 3.63) is 129 Å². The Hall–Kier alpha value is -3.85. The minimum Gasteiger partial charge on any atom is -0.352 e. The Morgan fingerprint density at radius 3 is 2.19 bits per heavy atom. The lowest BCUT2D eigenvalue weighted by Crippen LogP contribution is -2.54. The summed E-state index contributed by atoms with van der Waals surface area (Å²) in [5.74, 6) is -0.814. The van der Waals surface area contributed by atoms with Crippen LogP contribution in [-0.2, 0) is 32.6 Å². The summed E-state index contributed by atoms with van der Waals surface area (Å²) in [5, 5.41) is 4.04. The molecule has 4 aromatic carbocycles. The summed E-state index contributed by atoms with van der Waals surface area (Å²) in [7, 11) is -4.24. The monoisotopic (exact) mass is 691 g/mol. The van der Waals surface area contributed by atoms with E-state index >= 15 is 0 Å². The number of benzene rings is 4. The van der Waals surface area contributed by atoms with E-state index in [1.165, 1.54) is 17.0 Å². The maximum absolute atomic E-state index is 14.7. The fraction of sp³-hybridized carbons (Fsp3) is 0.297. The largest absolute Gasteiger partial charge is 0.352 e. The number of carbonyl (C=O) groups excluding carboxylic acids is 2. The highest BCUT2D eigenvalue weighted by Crippen LogP contribution is 2.32. The summed E-state index contributed by atoms with van der Waals surface area (Å²) in [6.45, 7) is 3.08. The van der Waals surface area contributed by atoms with Crippen molar-refractivity contribution >= 4 is 50.7 Å². The van der Waals surface area contributed by atoms with Crippen LogP contribution < -0.4 is 9.62 Å². The van der Waals surface area contributed by atoms with Gasteiger partial charge in [0.1, 0.15) is 12.6 Å². The molecule has 4 aromatic rings. The standard InChI is InChI=1S/C37H39Cl2N3O4S/c1-26-18-20-32(21-19-26)47(45,46)42(34-17-9-16-33(39)27(34)2)25-36(43)41(24-29-12-8-13-30(38)22-29)35(23-28-10-4-3-5-11-28)37(44)40-31-14-6-7-15-31/h3-5,8-13,16-22,31,35H,6-7,14-15,23-25H2,1-2H3,(H,40,44). The normalized spacial score (nSPS) is 14.0. The lowest BCUT2D eigenvalue weighted by atomic mass is 10.0. The van der Waals surface area contributed by atoms with Crippen LogP contribution in [0.4, 0.5) is 5.69 Å². The van der Waals surface area contributed by atoms with E-state index in [1.54, 1.807) is 55.5 Å². The van der Waals surface area contributed by atoms with Crippen LogP contribution in [0.15, 0.2) is 102 Å². The van der Waals surface area contributed by atoms with Gasteiger partial charge in [-0.05, 0) is 79.8 Å². The second-order valence-electron chi connectivity index (χ2n) is 12.1. The van der Waals surface area contributed by atoms with E-state index in [0.29, 0.717) is 21.2 Å². The molecule has 2 amide bonds. The number of hydrogen-bond donors (Lipinski definition) is 1. The van der Waals surface area contributed by atoms with Crippen molar-refractivity contribution in [3.63, 3.8) is 0 Å². The van der Waals surface area contributed by atoms with Gasteiger partial charge in [0.15, 0.2) is 0 Å². The van der Waals surface area contributed by atoms with Crippen LogP contribution >= 0.6 is 23.2 Å². The van der Waals surface area contributed by atoms with Crippen molar-refractivity contribution < 1.29 is 18.0 Å². The summed E-state index contributed by atoms with van der Waals surface area (Å²) in [6.07, 6.45) is 4.06. The first kappa shape index (κ1) is 34.5. The molecule has 0 spiro atoms. The molecule has 47 heavy (non-hydrogen) atoms. The number of nitrogens with one attached hydrogen (secondary N) is 1. The minimum absolute atomic E-state index is 0.0245. The van der Waals surface area contributed by atoms with Crippen LogP contribution in [0.2, 0.25) is 10.0 Å². The van der Waals surface area contributed by atoms with Gasteiger partial charge in [0, 0.05) is 29.1 Å². The van der Waals surface area contributed by atoms with E-state index in [2.05, 4.69) is 5.32 Å². The Morgan fingerprint density at radius 2 is 1.51 bits per heavy atom. The topological polar surface area (TPSA) is 86.8 Å². The molecule has 0 aliphatic heterocycles. The molecule has 1 fully saturated rings. The van der Waals surface area contributed by atoms with E-state index in [0.717, 1.165) is 41.1 Å². The van der Waals surface area contributed by atoms with Gasteiger partial charge in [0.2, 0.25) is 11.8 Å². The first-order chi connectivity index (χ1) is 22.5. The number of aryl methyl sites for hydroxylation is 1. The van der Waals surface area contributed by atoms with Crippen LogP contribution in [0.3, 0.4) is 0 Å². The zero-order chi connectivity index (χ0) is 33.6. The highest BCUT2D eigenvalue weighted by Gasteiger charge is 2.36. The first-order valence-electron chi connectivity index (χ1n) is 15.8. The van der Waals surface area contributed by atoms with Gasteiger partial charge in [0.05, 0.1) is 10.6 Å². The van der Waals surface area contributed by atoms with Gasteiger partial charge < -0.3 is 10.2 Å². The van der Waals surface area contributed by atoms with Crippen LogP contribution in [-0.4, -0.2) is 43.8 Å². The van der Waals surface area contributed by atoms with Crippen molar-refractivity contribution in [2.75, 3.05) is 10.8 Å². The van der Waals surface area contributed by atoms with Gasteiger partial charge in [-0.15, -0.1) is 0 Å². The third kappa shape index (κ3) is 8.55. The van der Waals surface area contributed by atoms with Crippen molar-refractivity contribution in [1.29, 1.82) is 0 Å². The van der Waals surface area contributed by atoms with Crippen LogP contribution in [0, 0.1) is 13.8 Å². The number of carbonyl (C=O) groups is 2. The molecular formula is C37H39Cl2N3O4S. The average Bonchev–Trinajstić information content (AvgIpc) is 3.56. The second-order valence-corrected chi connectivity index (χ2v) is 14.8. The fourth-order valence-corrected chi connectivity index (χ4v) is 7.82. The van der Waals surface area contributed by atoms with Crippen LogP contribution in [0.1, 0.15) is 47.9 Å². The molecule has 246 valence electrons. The van der Waals surface area contributed by atoms with E-state index in [9.17, 15) is 18.0 Å². The molecule has 1 aliphatic rings. The van der Waals surface area contributed by atoms with Gasteiger partial charge in [-0.3, -0.25) is 13.9 Å². The van der Waals surface area contributed by atoms with Gasteiger partial charge in [-0.25, -0.2) is 8.42 Å². The molecule has 10 heteroatoms. The van der Waals surface area contributed by atoms with Crippen molar-refractivity contribution in [3.8, 4) is 0 Å². The van der Waals surface area contributed by atoms with Crippen LogP contribution in [0.5, 0.6) is 0 Å². The number of halogens is 2. The lowest BCUT2D eigenvalue weighted by molar-refractivity contribution is -0.140. The summed E-state index contributed by atoms with van der Waals surface area (Å²) < 4.78 is 29.7. The number of nitrogens with zero attached hydrogens (tertiary/aromatic N) is 2. The second kappa shape index (κ2) is 15.4. The number of hydrogen-bond acceptors (Lipinski definition) is 4. The number of anilines is 1. The number of amides is 2. The summed E-state index contributed by atoms with van der Waals surface area (Å²) in [6, 6.07) is 27.2. The molecule has 1 N–H and O–H groups in total. The maximum Gasteiger partial charge on any atom is 0.264 e. The Kier molecular flexibility index (Phi) is 11.3. The summed E-state index contributed by atoms with van der Waals surface area (Å²) >= 11 is 12.8. The average molecular weight is 693 g/mol. The zero-order valence-electron chi connectivity index (χ0n) is 26.5. The first-order valence-corrected chi connectivity index (χ1v) is 18.0. The van der Waals surface area contributed by atoms with Gasteiger partial charge in [-0.1, -0.05) is 102 Å². The zero-order valence-corrected chi connectivity index (χ0v) is 28.9. The molecule has 0 saturated heterocycles. The van der Waals surface area contributed by atoms with Gasteiger partial charge >= 0.3 is 0 Å². The molecule has 0 heterocycles. The molecule has 1 atom stereocenters. The lowest BCUT2D eigenvalue weighted by Gasteiger charge is -2.34. The summed E-state index contributed by atoms with van der Waals surface area (Å²) in [4.78, 5) is 30.3. The number of rotatable bonds is 12. The third-order valence-corrected chi connectivity index (χ3v) is 11.0. The third-order valence-electron chi connectivity index (χ3n) is 8.61. The Bertz CT molecular complexity index is 1810. The molecule has 0 bridgehead atoms. The van der Waals surface area contributed by atoms with E-state index in [4.69, 9.17) is 23.2 Å². The van der Waals surface area contributed by atoms with Crippen LogP contribution in [0.25, 0.3) is 0 Å².